The molecule has 1 aliphatic rings. The van der Waals surface area contributed by atoms with Gasteiger partial charge in [-0.05, 0) is 147 Å². The van der Waals surface area contributed by atoms with Crippen LogP contribution in [0.5, 0.6) is 0 Å². The molecular weight excluding hydrogens is 1030 g/mol. The molecular formula is C74H138O7S. The van der Waals surface area contributed by atoms with Gasteiger partial charge < -0.3 is 14.9 Å². The lowest BCUT2D eigenvalue weighted by Gasteiger charge is -2.09. The van der Waals surface area contributed by atoms with E-state index >= 15 is 0 Å². The van der Waals surface area contributed by atoms with Crippen LogP contribution in [0.1, 0.15) is 344 Å². The summed E-state index contributed by atoms with van der Waals surface area (Å²) in [7, 11) is -3.59. The summed E-state index contributed by atoms with van der Waals surface area (Å²) in [5.74, 6) is 1.34. The van der Waals surface area contributed by atoms with E-state index in [1.807, 2.05) is 13.0 Å². The van der Waals surface area contributed by atoms with Gasteiger partial charge in [-0.1, -0.05) is 270 Å². The van der Waals surface area contributed by atoms with Crippen molar-refractivity contribution >= 4 is 15.9 Å². The lowest BCUT2D eigenvalue weighted by Crippen LogP contribution is -2.07. The molecule has 0 amide bonds. The van der Waals surface area contributed by atoms with Gasteiger partial charge in [0.25, 0.3) is 10.1 Å². The first-order valence-corrected chi connectivity index (χ1v) is 36.3. The van der Waals surface area contributed by atoms with Gasteiger partial charge in [-0.3, -0.25) is 8.98 Å². The zero-order valence-electron chi connectivity index (χ0n) is 55.9. The van der Waals surface area contributed by atoms with Crippen LogP contribution < -0.4 is 0 Å². The number of allylic oxidation sites excluding steroid dienone is 8. The number of rotatable bonds is 51. The van der Waals surface area contributed by atoms with E-state index in [9.17, 15) is 18.3 Å². The van der Waals surface area contributed by atoms with Gasteiger partial charge in [0.1, 0.15) is 5.78 Å². The Morgan fingerprint density at radius 1 is 0.500 bits per heavy atom. The second kappa shape index (κ2) is 67.8. The van der Waals surface area contributed by atoms with E-state index in [1.54, 1.807) is 24.3 Å². The van der Waals surface area contributed by atoms with Crippen molar-refractivity contribution < 1.29 is 32.3 Å². The van der Waals surface area contributed by atoms with Crippen molar-refractivity contribution in [2.75, 3.05) is 13.2 Å². The molecule has 0 radical (unpaired) electrons. The van der Waals surface area contributed by atoms with Gasteiger partial charge in [-0.25, -0.2) is 0 Å². The number of ketones is 1. The van der Waals surface area contributed by atoms with E-state index in [0.29, 0.717) is 31.0 Å². The Labute approximate surface area is 511 Å². The summed E-state index contributed by atoms with van der Waals surface area (Å²) >= 11 is 0. The van der Waals surface area contributed by atoms with E-state index < -0.39 is 10.1 Å². The van der Waals surface area contributed by atoms with Crippen molar-refractivity contribution in [2.45, 2.75) is 369 Å². The number of ether oxygens (including phenoxy) is 1. The van der Waals surface area contributed by atoms with Gasteiger partial charge in [0.15, 0.2) is 0 Å². The molecule has 1 aromatic rings. The van der Waals surface area contributed by atoms with Crippen molar-refractivity contribution in [3.8, 4) is 0 Å². The van der Waals surface area contributed by atoms with Crippen LogP contribution in [0.25, 0.3) is 0 Å². The number of hydrogen-bond acceptors (Lipinski definition) is 7. The smallest absolute Gasteiger partial charge is 0.296 e. The van der Waals surface area contributed by atoms with Crippen molar-refractivity contribution in [3.63, 3.8) is 0 Å². The molecule has 0 spiro atoms. The average Bonchev–Trinajstić information content (AvgIpc) is 4.30. The maximum absolute atomic E-state index is 11.8. The number of unbranched alkanes of at least 4 members (excludes halogenated alkanes) is 25. The summed E-state index contributed by atoms with van der Waals surface area (Å²) < 4.78 is 34.0. The van der Waals surface area contributed by atoms with Crippen LogP contribution in [0.4, 0.5) is 0 Å². The summed E-state index contributed by atoms with van der Waals surface area (Å²) in [5.41, 5.74) is 1.03. The minimum Gasteiger partial charge on any atom is -0.396 e. The van der Waals surface area contributed by atoms with Crippen LogP contribution in [-0.2, 0) is 23.8 Å². The van der Waals surface area contributed by atoms with Crippen molar-refractivity contribution in [3.05, 3.63) is 78.4 Å². The molecule has 8 heteroatoms. The monoisotopic (exact) mass is 1170 g/mol. The molecule has 3 atom stereocenters. The van der Waals surface area contributed by atoms with Crippen LogP contribution in [0.3, 0.4) is 0 Å². The Morgan fingerprint density at radius 3 is 1.40 bits per heavy atom. The first-order chi connectivity index (χ1) is 39.8. The van der Waals surface area contributed by atoms with Crippen molar-refractivity contribution in [1.82, 2.24) is 0 Å². The topological polar surface area (TPSA) is 113 Å². The van der Waals surface area contributed by atoms with Crippen LogP contribution >= 0.6 is 0 Å². The Balaban J connectivity index is -0.000000985. The molecule has 3 unspecified atom stereocenters. The van der Waals surface area contributed by atoms with Crippen LogP contribution in [0.15, 0.2) is 77.8 Å². The van der Waals surface area contributed by atoms with E-state index in [4.69, 9.17) is 14.0 Å². The maximum atomic E-state index is 11.8. The molecule has 482 valence electrons. The highest BCUT2D eigenvalue weighted by Gasteiger charge is 2.35. The lowest BCUT2D eigenvalue weighted by molar-refractivity contribution is -0.119. The molecule has 2 rings (SSSR count). The Hall–Kier alpha value is -2.36. The number of aliphatic hydroxyl groups is 2. The van der Waals surface area contributed by atoms with Gasteiger partial charge in [0, 0.05) is 19.4 Å². The lowest BCUT2D eigenvalue weighted by atomic mass is 10.0. The van der Waals surface area contributed by atoms with Crippen molar-refractivity contribution in [2.24, 2.45) is 5.92 Å². The number of Topliss-reactive ketones (excluding diaryl/α,β-unsaturated/α-hetero) is 1. The Morgan fingerprint density at radius 2 is 0.915 bits per heavy atom. The van der Waals surface area contributed by atoms with Crippen LogP contribution in [0, 0.1) is 12.8 Å². The summed E-state index contributed by atoms with van der Waals surface area (Å²) in [6.07, 6.45) is 70.6. The Bertz CT molecular complexity index is 1650. The van der Waals surface area contributed by atoms with Gasteiger partial charge in [-0.2, -0.15) is 8.42 Å². The predicted octanol–water partition coefficient (Wildman–Crippen LogP) is 23.1. The van der Waals surface area contributed by atoms with Crippen LogP contribution in [-0.4, -0.2) is 55.9 Å². The molecule has 1 aliphatic heterocycles. The van der Waals surface area contributed by atoms with E-state index in [0.717, 1.165) is 101 Å². The molecule has 82 heavy (non-hydrogen) atoms. The molecule has 0 aliphatic carbocycles. The minimum atomic E-state index is -3.59. The number of aryl methyl sites for hydroxylation is 1. The summed E-state index contributed by atoms with van der Waals surface area (Å²) in [4.78, 5) is 12.0. The molecule has 2 N–H and O–H groups in total. The SMILES string of the molecule is CC/C=C\CCCO.CC/C=C\CCCOS(=O)(=O)c1ccc(C)cc1.CCC1OC1CCCCC(C)C.CCCCC/C=C\CCCC(=O)CCCCCCCCCC.CCCCC/C=C\CCCC(O)CCCCCCCCCC. The fraction of sp³-hybridized carbons (Fsp3) is 0.797. The zero-order valence-corrected chi connectivity index (χ0v) is 56.7. The van der Waals surface area contributed by atoms with E-state index in [2.05, 4.69) is 105 Å². The largest absolute Gasteiger partial charge is 0.396 e. The molecule has 1 fully saturated rings. The third-order valence-corrected chi connectivity index (χ3v) is 16.1. The van der Waals surface area contributed by atoms with Gasteiger partial charge in [0.2, 0.25) is 0 Å². The normalized spacial score (nSPS) is 14.4. The second-order valence-electron chi connectivity index (χ2n) is 23.6. The molecule has 1 heterocycles. The summed E-state index contributed by atoms with van der Waals surface area (Å²) in [6.45, 7) is 22.4. The number of aliphatic hydroxyl groups excluding tert-OH is 2. The first-order valence-electron chi connectivity index (χ1n) is 34.8. The number of benzene rings is 1. The first kappa shape index (κ1) is 83.9. The number of hydrogen-bond donors (Lipinski definition) is 2. The quantitative estimate of drug-likeness (QED) is 0.0289. The highest BCUT2D eigenvalue weighted by atomic mass is 32.2. The molecule has 0 saturated carbocycles. The van der Waals surface area contributed by atoms with Gasteiger partial charge in [-0.15, -0.1) is 0 Å². The fourth-order valence-corrected chi connectivity index (χ4v) is 10.2. The number of carbonyl (C=O) groups is 1. The highest BCUT2D eigenvalue weighted by Crippen LogP contribution is 2.30. The van der Waals surface area contributed by atoms with E-state index in [-0.39, 0.29) is 17.6 Å². The number of carbonyl (C=O) groups excluding carboxylic acids is 1. The minimum absolute atomic E-state index is 0.0615. The third kappa shape index (κ3) is 66.8. The fourth-order valence-electron chi connectivity index (χ4n) is 9.23. The van der Waals surface area contributed by atoms with Gasteiger partial charge in [0.05, 0.1) is 29.8 Å². The van der Waals surface area contributed by atoms with Crippen molar-refractivity contribution in [1.29, 1.82) is 0 Å². The van der Waals surface area contributed by atoms with E-state index in [1.165, 1.54) is 180 Å². The Kier molecular flexibility index (Phi) is 69.3. The average molecular weight is 1170 g/mol. The third-order valence-electron chi connectivity index (χ3n) is 14.7. The molecule has 0 bridgehead atoms. The summed E-state index contributed by atoms with van der Waals surface area (Å²) in [6, 6.07) is 6.67. The molecule has 0 aromatic heterocycles. The standard InChI is InChI=1S/C21H42O.C21H40O.C14H20O3S.C11H22O.C7H14O/c2*1-3-5-7-9-11-13-15-17-19-21(22)20-18-16-14-12-10-8-6-4-2;1-3-4-5-6-7-12-17-18(15,16)14-10-8-13(2)9-11-14;1-4-10-11(12-10)8-6-5-7-9(2)3;1-2-3-4-5-6-7-8/h11,13,21-22H,3-10,12,14-20H2,1-2H3;11,13H,3-10,12,14-20H2,1-2H3;4-5,8-11H,3,6-7,12H2,1-2H3;9-11H,4-8H2,1-3H3;3-4,8H,2,5-7H2,1H3/b2*13-11-;5-4-;;4-3-. The predicted molar refractivity (Wildman–Crippen MR) is 361 cm³/mol. The van der Waals surface area contributed by atoms with Gasteiger partial charge >= 0.3 is 0 Å². The molecule has 7 nitrogen and oxygen atoms in total. The molecule has 1 aromatic carbocycles. The summed E-state index contributed by atoms with van der Waals surface area (Å²) in [5, 5.41) is 18.3. The second-order valence-corrected chi connectivity index (χ2v) is 25.2. The number of epoxide rings is 1. The maximum Gasteiger partial charge on any atom is 0.296 e. The van der Waals surface area contributed by atoms with Crippen LogP contribution in [0.2, 0.25) is 0 Å². The highest BCUT2D eigenvalue weighted by molar-refractivity contribution is 7.86. The zero-order chi connectivity index (χ0) is 61.3. The molecule has 1 saturated heterocycles.